The molecular weight excluding hydrogens is 575 g/mol. The van der Waals surface area contributed by atoms with Crippen LogP contribution in [0.2, 0.25) is 0 Å². The first-order valence-electron chi connectivity index (χ1n) is 16.0. The predicted octanol–water partition coefficient (Wildman–Crippen LogP) is 13.4. The number of nitrogens with one attached hydrogen (secondary N) is 1. The van der Waals surface area contributed by atoms with Crippen LogP contribution in [0.25, 0.3) is 86.5 Å². The van der Waals surface area contributed by atoms with Crippen molar-refractivity contribution >= 4 is 53.3 Å². The van der Waals surface area contributed by atoms with Crippen LogP contribution in [0.5, 0.6) is 0 Å². The van der Waals surface area contributed by atoms with E-state index >= 15 is 0 Å². The highest BCUT2D eigenvalue weighted by Crippen LogP contribution is 2.39. The van der Waals surface area contributed by atoms with E-state index in [1.54, 1.807) is 0 Å². The summed E-state index contributed by atoms with van der Waals surface area (Å²) in [6, 6.07) is 57.4. The number of para-hydroxylation sites is 1. The van der Waals surface area contributed by atoms with E-state index < -0.39 is 0 Å². The maximum Gasteiger partial charge on any atom is 0.0544 e. The molecule has 0 bridgehead atoms. The summed E-state index contributed by atoms with van der Waals surface area (Å²) in [6.07, 6.45) is 0. The average Bonchev–Trinajstić information content (AvgIpc) is 3.70. The number of rotatable bonds is 4. The summed E-state index contributed by atoms with van der Waals surface area (Å²) < 4.78 is 2.67. The van der Waals surface area contributed by atoms with E-state index in [-0.39, 0.29) is 0 Å². The molecule has 0 aliphatic rings. The van der Waals surface area contributed by atoms with Gasteiger partial charge in [0.25, 0.3) is 0 Å². The molecular formula is C44H33NS. The number of H-pyrrole nitrogens is 1. The van der Waals surface area contributed by atoms with Gasteiger partial charge in [-0.05, 0) is 75.3 Å². The Morgan fingerprint density at radius 1 is 0.370 bits per heavy atom. The minimum atomic E-state index is 1.16. The number of aromatic amines is 1. The van der Waals surface area contributed by atoms with Gasteiger partial charge in [0.2, 0.25) is 0 Å². The molecule has 1 nitrogen and oxygen atoms in total. The van der Waals surface area contributed by atoms with Crippen molar-refractivity contribution in [1.82, 2.24) is 4.98 Å². The monoisotopic (exact) mass is 607 g/mol. The smallest absolute Gasteiger partial charge is 0.0544 e. The van der Waals surface area contributed by atoms with Crippen LogP contribution >= 0.6 is 11.3 Å². The van der Waals surface area contributed by atoms with Crippen LogP contribution in [0.1, 0.15) is 13.8 Å². The molecule has 0 aliphatic carbocycles. The van der Waals surface area contributed by atoms with Crippen LogP contribution in [-0.4, -0.2) is 4.98 Å². The van der Waals surface area contributed by atoms with E-state index in [2.05, 4.69) is 163 Å². The van der Waals surface area contributed by atoms with Crippen LogP contribution in [0.15, 0.2) is 158 Å². The van der Waals surface area contributed by atoms with E-state index in [1.807, 2.05) is 25.2 Å². The topological polar surface area (TPSA) is 15.8 Å². The number of hydrogen-bond acceptors (Lipinski definition) is 1. The van der Waals surface area contributed by atoms with Gasteiger partial charge in [-0.2, -0.15) is 0 Å². The van der Waals surface area contributed by atoms with Gasteiger partial charge in [0, 0.05) is 42.0 Å². The molecule has 46 heavy (non-hydrogen) atoms. The van der Waals surface area contributed by atoms with Crippen LogP contribution < -0.4 is 0 Å². The van der Waals surface area contributed by atoms with Gasteiger partial charge in [-0.25, -0.2) is 0 Å². The zero-order valence-corrected chi connectivity index (χ0v) is 26.7. The van der Waals surface area contributed by atoms with Crippen molar-refractivity contribution in [3.63, 3.8) is 0 Å². The van der Waals surface area contributed by atoms with E-state index in [0.29, 0.717) is 0 Å². The van der Waals surface area contributed by atoms with Crippen molar-refractivity contribution < 1.29 is 0 Å². The maximum absolute atomic E-state index is 3.74. The summed E-state index contributed by atoms with van der Waals surface area (Å²) in [7, 11) is 0. The molecule has 0 radical (unpaired) electrons. The van der Waals surface area contributed by atoms with E-state index in [1.165, 1.54) is 81.0 Å². The van der Waals surface area contributed by atoms with Crippen molar-refractivity contribution in [1.29, 1.82) is 0 Å². The first-order valence-corrected chi connectivity index (χ1v) is 16.8. The number of fused-ring (bicyclic) bond motifs is 6. The van der Waals surface area contributed by atoms with Gasteiger partial charge in [-0.1, -0.05) is 135 Å². The van der Waals surface area contributed by atoms with Gasteiger partial charge < -0.3 is 4.98 Å². The molecule has 0 saturated heterocycles. The molecule has 9 aromatic rings. The molecule has 0 spiro atoms. The lowest BCUT2D eigenvalue weighted by Gasteiger charge is -2.10. The summed E-state index contributed by atoms with van der Waals surface area (Å²) in [5.41, 5.74) is 12.1. The normalized spacial score (nSPS) is 11.3. The largest absolute Gasteiger partial charge is 0.354 e. The van der Waals surface area contributed by atoms with Gasteiger partial charge in [-0.3, -0.25) is 0 Å². The highest BCUT2D eigenvalue weighted by Gasteiger charge is 2.12. The fourth-order valence-corrected chi connectivity index (χ4v) is 7.77. The van der Waals surface area contributed by atoms with Crippen molar-refractivity contribution in [2.24, 2.45) is 0 Å². The van der Waals surface area contributed by atoms with Gasteiger partial charge in [0.15, 0.2) is 0 Å². The molecule has 2 aromatic heterocycles. The maximum atomic E-state index is 3.74. The third kappa shape index (κ3) is 4.88. The van der Waals surface area contributed by atoms with Crippen molar-refractivity contribution in [2.45, 2.75) is 13.8 Å². The average molecular weight is 608 g/mol. The molecule has 9 rings (SSSR count). The SMILES string of the molecule is CC.c1ccc(-c2ccc3[nH]c4c(-c5cccc(-c6cccc(-c7ccc8c(c7)sc7ccccc78)c6)c5)cccc4c3c2)cc1. The molecule has 7 aromatic carbocycles. The Morgan fingerprint density at radius 2 is 0.935 bits per heavy atom. The molecule has 0 aliphatic heterocycles. The van der Waals surface area contributed by atoms with Gasteiger partial charge in [-0.15, -0.1) is 11.3 Å². The van der Waals surface area contributed by atoms with Gasteiger partial charge >= 0.3 is 0 Å². The second kappa shape index (κ2) is 11.8. The molecule has 0 atom stereocenters. The van der Waals surface area contributed by atoms with Crippen LogP contribution in [-0.2, 0) is 0 Å². The summed E-state index contributed by atoms with van der Waals surface area (Å²) in [4.78, 5) is 3.74. The summed E-state index contributed by atoms with van der Waals surface area (Å²) in [5, 5.41) is 5.17. The quantitative estimate of drug-likeness (QED) is 0.205. The standard InChI is InChI=1S/C42H27NS.C2H6/c1-2-9-27(10-3-1)31-20-22-39-38(25-31)37-17-8-16-34(42(37)43-39)33-14-7-13-30(24-33)28-11-6-12-29(23-28)32-19-21-36-35-15-4-5-18-40(35)44-41(36)26-32;1-2/h1-26,43H;1-2H3. The van der Waals surface area contributed by atoms with Crippen molar-refractivity contribution in [3.05, 3.63) is 158 Å². The molecule has 220 valence electrons. The number of benzene rings is 7. The Labute approximate surface area is 273 Å². The lowest BCUT2D eigenvalue weighted by Crippen LogP contribution is -1.84. The fourth-order valence-electron chi connectivity index (χ4n) is 6.62. The predicted molar refractivity (Wildman–Crippen MR) is 202 cm³/mol. The zero-order valence-electron chi connectivity index (χ0n) is 25.9. The Kier molecular flexibility index (Phi) is 7.21. The first-order chi connectivity index (χ1) is 22.8. The minimum absolute atomic E-state index is 1.16. The van der Waals surface area contributed by atoms with E-state index in [0.717, 1.165) is 5.52 Å². The second-order valence-electron chi connectivity index (χ2n) is 11.5. The lowest BCUT2D eigenvalue weighted by molar-refractivity contribution is 1.50. The zero-order chi connectivity index (χ0) is 31.0. The third-order valence-corrected chi connectivity index (χ3v) is 9.96. The second-order valence-corrected chi connectivity index (χ2v) is 12.5. The molecule has 0 amide bonds. The Morgan fingerprint density at radius 3 is 1.74 bits per heavy atom. The highest BCUT2D eigenvalue weighted by molar-refractivity contribution is 7.25. The summed E-state index contributed by atoms with van der Waals surface area (Å²) in [6.45, 7) is 4.00. The Bertz CT molecular complexity index is 2500. The van der Waals surface area contributed by atoms with Crippen LogP contribution in [0.4, 0.5) is 0 Å². The third-order valence-electron chi connectivity index (χ3n) is 8.82. The van der Waals surface area contributed by atoms with Gasteiger partial charge in [0.1, 0.15) is 0 Å². The van der Waals surface area contributed by atoms with Crippen molar-refractivity contribution in [2.75, 3.05) is 0 Å². The molecule has 0 unspecified atom stereocenters. The fraction of sp³-hybridized carbons (Fsp3) is 0.0455. The van der Waals surface area contributed by atoms with Crippen molar-refractivity contribution in [3.8, 4) is 44.5 Å². The summed E-state index contributed by atoms with van der Waals surface area (Å²) >= 11 is 1.87. The Balaban J connectivity index is 0.00000153. The van der Waals surface area contributed by atoms with Gasteiger partial charge in [0.05, 0.1) is 5.52 Å². The first kappa shape index (κ1) is 28.1. The van der Waals surface area contributed by atoms with Crippen LogP contribution in [0.3, 0.4) is 0 Å². The Hall–Kier alpha value is -5.44. The number of thiophene rings is 1. The van der Waals surface area contributed by atoms with E-state index in [9.17, 15) is 0 Å². The molecule has 2 heteroatoms. The van der Waals surface area contributed by atoms with Crippen LogP contribution in [0, 0.1) is 0 Å². The molecule has 0 fully saturated rings. The summed E-state index contributed by atoms with van der Waals surface area (Å²) in [5.74, 6) is 0. The number of aromatic nitrogens is 1. The number of hydrogen-bond donors (Lipinski definition) is 1. The molecule has 0 saturated carbocycles. The lowest BCUT2D eigenvalue weighted by atomic mass is 9.95. The molecule has 2 heterocycles. The van der Waals surface area contributed by atoms with E-state index in [4.69, 9.17) is 0 Å². The highest BCUT2D eigenvalue weighted by atomic mass is 32.1. The minimum Gasteiger partial charge on any atom is -0.354 e. The molecule has 1 N–H and O–H groups in total.